The van der Waals surface area contributed by atoms with Gasteiger partial charge >= 0.3 is 0 Å². The number of benzene rings is 1. The molecule has 0 amide bonds. The van der Waals surface area contributed by atoms with Crippen LogP contribution in [0.2, 0.25) is 0 Å². The number of hydrogen-bond acceptors (Lipinski definition) is 3. The Bertz CT molecular complexity index is 668. The molecule has 0 aliphatic carbocycles. The molecule has 0 aliphatic heterocycles. The first kappa shape index (κ1) is 18.5. The van der Waals surface area contributed by atoms with Gasteiger partial charge < -0.3 is 4.74 Å². The van der Waals surface area contributed by atoms with Gasteiger partial charge in [0.15, 0.2) is 0 Å². The molecule has 0 bridgehead atoms. The van der Waals surface area contributed by atoms with Crippen molar-refractivity contribution in [3.63, 3.8) is 0 Å². The lowest BCUT2D eigenvalue weighted by Crippen LogP contribution is -2.38. The number of nitrogens with zero attached hydrogens (tertiary/aromatic N) is 2. The lowest BCUT2D eigenvalue weighted by molar-refractivity contribution is 0.192. The summed E-state index contributed by atoms with van der Waals surface area (Å²) in [7, 11) is 1.71. The van der Waals surface area contributed by atoms with Crippen LogP contribution in [0.5, 0.6) is 5.75 Å². The summed E-state index contributed by atoms with van der Waals surface area (Å²) in [5, 5.41) is 1.19. The SMILES string of the molecule is C=CC(C)CN(CCC)C(C)Cc1ccnc2ccc(OC)cc12. The van der Waals surface area contributed by atoms with Crippen LogP contribution >= 0.6 is 0 Å². The van der Waals surface area contributed by atoms with Crippen molar-refractivity contribution in [2.75, 3.05) is 20.2 Å². The molecular weight excluding hydrogens is 296 g/mol. The molecule has 2 unspecified atom stereocenters. The van der Waals surface area contributed by atoms with Gasteiger partial charge in [-0.1, -0.05) is 19.9 Å². The smallest absolute Gasteiger partial charge is 0.119 e. The molecule has 0 fully saturated rings. The van der Waals surface area contributed by atoms with Crippen molar-refractivity contribution in [2.45, 2.75) is 39.7 Å². The first-order valence-corrected chi connectivity index (χ1v) is 8.87. The lowest BCUT2D eigenvalue weighted by atomic mass is 10.0. The van der Waals surface area contributed by atoms with Crippen molar-refractivity contribution < 1.29 is 4.74 Å². The lowest BCUT2D eigenvalue weighted by Gasteiger charge is -2.31. The molecule has 2 rings (SSSR count). The van der Waals surface area contributed by atoms with Crippen molar-refractivity contribution in [1.29, 1.82) is 0 Å². The molecule has 0 saturated heterocycles. The summed E-state index contributed by atoms with van der Waals surface area (Å²) in [5.74, 6) is 1.39. The molecule has 0 saturated carbocycles. The molecule has 0 aliphatic rings. The molecule has 1 aromatic carbocycles. The van der Waals surface area contributed by atoms with E-state index in [0.717, 1.165) is 30.8 Å². The first-order chi connectivity index (χ1) is 11.6. The molecule has 2 atom stereocenters. The summed E-state index contributed by atoms with van der Waals surface area (Å²) >= 11 is 0. The highest BCUT2D eigenvalue weighted by atomic mass is 16.5. The van der Waals surface area contributed by atoms with Gasteiger partial charge in [0.05, 0.1) is 12.6 Å². The number of ether oxygens (including phenoxy) is 1. The van der Waals surface area contributed by atoms with Crippen LogP contribution in [0.25, 0.3) is 10.9 Å². The van der Waals surface area contributed by atoms with Gasteiger partial charge in [0.25, 0.3) is 0 Å². The molecule has 2 aromatic rings. The summed E-state index contributed by atoms with van der Waals surface area (Å²) in [5.41, 5.74) is 2.36. The Morgan fingerprint density at radius 1 is 1.29 bits per heavy atom. The van der Waals surface area contributed by atoms with Gasteiger partial charge in [0, 0.05) is 24.2 Å². The van der Waals surface area contributed by atoms with Gasteiger partial charge in [-0.3, -0.25) is 9.88 Å². The van der Waals surface area contributed by atoms with E-state index in [1.165, 1.54) is 17.4 Å². The summed E-state index contributed by atoms with van der Waals surface area (Å²) < 4.78 is 5.39. The topological polar surface area (TPSA) is 25.4 Å². The van der Waals surface area contributed by atoms with E-state index in [4.69, 9.17) is 4.74 Å². The second-order valence-corrected chi connectivity index (χ2v) is 6.61. The Hall–Kier alpha value is -1.87. The third-order valence-electron chi connectivity index (χ3n) is 4.61. The first-order valence-electron chi connectivity index (χ1n) is 8.87. The van der Waals surface area contributed by atoms with E-state index in [9.17, 15) is 0 Å². The number of fused-ring (bicyclic) bond motifs is 1. The predicted molar refractivity (Wildman–Crippen MR) is 103 cm³/mol. The zero-order chi connectivity index (χ0) is 17.5. The Kier molecular flexibility index (Phi) is 6.80. The Labute approximate surface area is 146 Å². The maximum absolute atomic E-state index is 5.39. The van der Waals surface area contributed by atoms with E-state index in [0.29, 0.717) is 12.0 Å². The molecule has 1 aromatic heterocycles. The average molecular weight is 326 g/mol. The minimum atomic E-state index is 0.476. The monoisotopic (exact) mass is 326 g/mol. The van der Waals surface area contributed by atoms with Crippen LogP contribution in [-0.2, 0) is 6.42 Å². The minimum Gasteiger partial charge on any atom is -0.497 e. The van der Waals surface area contributed by atoms with Crippen molar-refractivity contribution in [3.8, 4) is 5.75 Å². The molecule has 130 valence electrons. The van der Waals surface area contributed by atoms with E-state index >= 15 is 0 Å². The summed E-state index contributed by atoms with van der Waals surface area (Å²) in [6, 6.07) is 8.72. The highest BCUT2D eigenvalue weighted by molar-refractivity contribution is 5.83. The van der Waals surface area contributed by atoms with Crippen LogP contribution in [0.4, 0.5) is 0 Å². The van der Waals surface area contributed by atoms with E-state index in [1.807, 2.05) is 24.4 Å². The molecule has 0 radical (unpaired) electrons. The highest BCUT2D eigenvalue weighted by Gasteiger charge is 2.16. The van der Waals surface area contributed by atoms with E-state index in [-0.39, 0.29) is 0 Å². The number of methoxy groups -OCH3 is 1. The normalized spacial score (nSPS) is 13.9. The van der Waals surface area contributed by atoms with Gasteiger partial charge in [0.1, 0.15) is 5.75 Å². The number of hydrogen-bond donors (Lipinski definition) is 0. The van der Waals surface area contributed by atoms with Crippen LogP contribution in [0.3, 0.4) is 0 Å². The largest absolute Gasteiger partial charge is 0.497 e. The maximum Gasteiger partial charge on any atom is 0.119 e. The maximum atomic E-state index is 5.39. The van der Waals surface area contributed by atoms with Gasteiger partial charge in [-0.15, -0.1) is 6.58 Å². The molecule has 1 heterocycles. The molecule has 3 nitrogen and oxygen atoms in total. The van der Waals surface area contributed by atoms with E-state index in [1.54, 1.807) is 7.11 Å². The zero-order valence-electron chi connectivity index (χ0n) is 15.5. The predicted octanol–water partition coefficient (Wildman–Crippen LogP) is 4.71. The summed E-state index contributed by atoms with van der Waals surface area (Å²) in [6.07, 6.45) is 6.13. The fourth-order valence-electron chi connectivity index (χ4n) is 3.16. The van der Waals surface area contributed by atoms with Crippen LogP contribution in [0.1, 0.15) is 32.8 Å². The van der Waals surface area contributed by atoms with Gasteiger partial charge in [-0.2, -0.15) is 0 Å². The molecule has 3 heteroatoms. The fourth-order valence-corrected chi connectivity index (χ4v) is 3.16. The fraction of sp³-hybridized carbons (Fsp3) is 0.476. The average Bonchev–Trinajstić information content (AvgIpc) is 2.61. The molecular formula is C21H30N2O. The zero-order valence-corrected chi connectivity index (χ0v) is 15.5. The Morgan fingerprint density at radius 3 is 2.75 bits per heavy atom. The second-order valence-electron chi connectivity index (χ2n) is 6.61. The summed E-state index contributed by atoms with van der Waals surface area (Å²) in [4.78, 5) is 7.05. The van der Waals surface area contributed by atoms with Crippen molar-refractivity contribution >= 4 is 10.9 Å². The molecule has 0 N–H and O–H groups in total. The van der Waals surface area contributed by atoms with Crippen LogP contribution < -0.4 is 4.74 Å². The third kappa shape index (κ3) is 4.57. The van der Waals surface area contributed by atoms with E-state index < -0.39 is 0 Å². The van der Waals surface area contributed by atoms with Crippen molar-refractivity contribution in [2.24, 2.45) is 5.92 Å². The van der Waals surface area contributed by atoms with Crippen LogP contribution in [-0.4, -0.2) is 36.1 Å². The quantitative estimate of drug-likeness (QED) is 0.624. The van der Waals surface area contributed by atoms with Crippen molar-refractivity contribution in [1.82, 2.24) is 9.88 Å². The van der Waals surface area contributed by atoms with Gasteiger partial charge in [0.2, 0.25) is 0 Å². The van der Waals surface area contributed by atoms with Gasteiger partial charge in [-0.05, 0) is 62.1 Å². The third-order valence-corrected chi connectivity index (χ3v) is 4.61. The molecule has 24 heavy (non-hydrogen) atoms. The second kappa shape index (κ2) is 8.84. The number of aromatic nitrogens is 1. The van der Waals surface area contributed by atoms with Crippen LogP contribution in [0, 0.1) is 5.92 Å². The standard InChI is InChI=1S/C21H30N2O/c1-6-12-23(15-16(3)7-2)17(4)13-18-10-11-22-21-9-8-19(24-5)14-20(18)21/h7-11,14,16-17H,2,6,12-13,15H2,1,3-5H3. The number of pyridine rings is 1. The van der Waals surface area contributed by atoms with Crippen LogP contribution in [0.15, 0.2) is 43.1 Å². The molecule has 0 spiro atoms. The van der Waals surface area contributed by atoms with E-state index in [2.05, 4.69) is 49.4 Å². The van der Waals surface area contributed by atoms with Crippen molar-refractivity contribution in [3.05, 3.63) is 48.7 Å². The highest BCUT2D eigenvalue weighted by Crippen LogP contribution is 2.24. The summed E-state index contributed by atoms with van der Waals surface area (Å²) in [6.45, 7) is 12.9. The van der Waals surface area contributed by atoms with Gasteiger partial charge in [-0.25, -0.2) is 0 Å². The Balaban J connectivity index is 2.24. The minimum absolute atomic E-state index is 0.476. The number of rotatable bonds is 9. The Morgan fingerprint density at radius 2 is 2.08 bits per heavy atom.